The lowest BCUT2D eigenvalue weighted by molar-refractivity contribution is 0.0753. The summed E-state index contributed by atoms with van der Waals surface area (Å²) >= 11 is 0. The second kappa shape index (κ2) is 5.65. The van der Waals surface area contributed by atoms with Crippen LogP contribution in [0.2, 0.25) is 0 Å². The van der Waals surface area contributed by atoms with E-state index in [2.05, 4.69) is 4.90 Å². The maximum Gasteiger partial charge on any atom is 0.152 e. The van der Waals surface area contributed by atoms with Crippen molar-refractivity contribution in [3.8, 4) is 0 Å². The van der Waals surface area contributed by atoms with Crippen LogP contribution in [0.3, 0.4) is 0 Å². The third kappa shape index (κ3) is 4.36. The van der Waals surface area contributed by atoms with E-state index in [-0.39, 0.29) is 18.1 Å². The van der Waals surface area contributed by atoms with E-state index < -0.39 is 9.84 Å². The molecular formula is C8H17NO4S. The molecule has 0 aliphatic carbocycles. The Morgan fingerprint density at radius 2 is 1.86 bits per heavy atom. The number of hydrogen-bond donors (Lipinski definition) is 1. The molecule has 1 N–H and O–H groups in total. The summed E-state index contributed by atoms with van der Waals surface area (Å²) < 4.78 is 27.3. The summed E-state index contributed by atoms with van der Waals surface area (Å²) in [5.41, 5.74) is 0. The van der Waals surface area contributed by atoms with Gasteiger partial charge in [-0.2, -0.15) is 0 Å². The normalized spacial score (nSPS) is 22.4. The summed E-state index contributed by atoms with van der Waals surface area (Å²) in [4.78, 5) is 2.07. The molecule has 1 fully saturated rings. The molecule has 5 nitrogen and oxygen atoms in total. The van der Waals surface area contributed by atoms with E-state index in [1.165, 1.54) is 0 Å². The lowest BCUT2D eigenvalue weighted by Crippen LogP contribution is -2.41. The Kier molecular flexibility index (Phi) is 4.80. The molecule has 1 aliphatic heterocycles. The maximum atomic E-state index is 11.1. The zero-order valence-electron chi connectivity index (χ0n) is 8.18. The average molecular weight is 223 g/mol. The molecule has 6 heteroatoms. The van der Waals surface area contributed by atoms with Crippen LogP contribution in [0.5, 0.6) is 0 Å². The van der Waals surface area contributed by atoms with Gasteiger partial charge in [-0.15, -0.1) is 0 Å². The molecule has 0 aromatic carbocycles. The molecule has 0 spiro atoms. The first-order valence-corrected chi connectivity index (χ1v) is 6.57. The van der Waals surface area contributed by atoms with Crippen LogP contribution in [-0.4, -0.2) is 69.4 Å². The van der Waals surface area contributed by atoms with Crippen LogP contribution < -0.4 is 0 Å². The van der Waals surface area contributed by atoms with Crippen molar-refractivity contribution >= 4 is 9.84 Å². The van der Waals surface area contributed by atoms with Crippen LogP contribution in [0.4, 0.5) is 0 Å². The fourth-order valence-corrected chi connectivity index (χ4v) is 2.61. The number of ether oxygens (including phenoxy) is 1. The van der Waals surface area contributed by atoms with Crippen LogP contribution in [0.15, 0.2) is 0 Å². The van der Waals surface area contributed by atoms with Gasteiger partial charge in [0.2, 0.25) is 0 Å². The Morgan fingerprint density at radius 1 is 1.21 bits per heavy atom. The topological polar surface area (TPSA) is 66.8 Å². The SMILES string of the molecule is O=S1(=O)CCN(CCOCCO)CC1. The highest BCUT2D eigenvalue weighted by Crippen LogP contribution is 2.02. The van der Waals surface area contributed by atoms with Crippen molar-refractivity contribution < 1.29 is 18.3 Å². The fourth-order valence-electron chi connectivity index (χ4n) is 1.33. The van der Waals surface area contributed by atoms with Crippen LogP contribution in [-0.2, 0) is 14.6 Å². The zero-order chi connectivity index (χ0) is 10.4. The molecule has 14 heavy (non-hydrogen) atoms. The Balaban J connectivity index is 2.10. The predicted molar refractivity (Wildman–Crippen MR) is 53.0 cm³/mol. The third-order valence-electron chi connectivity index (χ3n) is 2.22. The highest BCUT2D eigenvalue weighted by Gasteiger charge is 2.20. The van der Waals surface area contributed by atoms with Gasteiger partial charge in [-0.05, 0) is 0 Å². The number of aliphatic hydroxyl groups excluding tert-OH is 1. The molecule has 1 heterocycles. The molecule has 0 atom stereocenters. The Labute approximate surface area is 84.6 Å². The van der Waals surface area contributed by atoms with E-state index in [1.54, 1.807) is 0 Å². The Morgan fingerprint density at radius 3 is 2.43 bits per heavy atom. The number of rotatable bonds is 5. The van der Waals surface area contributed by atoms with Gasteiger partial charge < -0.3 is 9.84 Å². The van der Waals surface area contributed by atoms with Gasteiger partial charge in [0.15, 0.2) is 9.84 Å². The summed E-state index contributed by atoms with van der Waals surface area (Å²) in [5, 5.41) is 8.45. The number of aliphatic hydroxyl groups is 1. The minimum Gasteiger partial charge on any atom is -0.394 e. The van der Waals surface area contributed by atoms with Crippen LogP contribution >= 0.6 is 0 Å². The van der Waals surface area contributed by atoms with Crippen LogP contribution in [0, 0.1) is 0 Å². The monoisotopic (exact) mass is 223 g/mol. The molecule has 84 valence electrons. The molecular weight excluding hydrogens is 206 g/mol. The lowest BCUT2D eigenvalue weighted by Gasteiger charge is -2.26. The van der Waals surface area contributed by atoms with Gasteiger partial charge in [-0.3, -0.25) is 4.90 Å². The van der Waals surface area contributed by atoms with Gasteiger partial charge in [-0.1, -0.05) is 0 Å². The summed E-state index contributed by atoms with van der Waals surface area (Å²) in [6.07, 6.45) is 0. The van der Waals surface area contributed by atoms with Crippen molar-refractivity contribution in [1.82, 2.24) is 4.90 Å². The molecule has 1 aliphatic rings. The smallest absolute Gasteiger partial charge is 0.152 e. The van der Waals surface area contributed by atoms with E-state index in [0.29, 0.717) is 26.3 Å². The predicted octanol–water partition coefficient (Wildman–Crippen LogP) is -1.27. The first-order valence-electron chi connectivity index (χ1n) is 4.75. The molecule has 1 rings (SSSR count). The van der Waals surface area contributed by atoms with Crippen molar-refractivity contribution in [2.24, 2.45) is 0 Å². The number of sulfone groups is 1. The zero-order valence-corrected chi connectivity index (χ0v) is 9.00. The minimum atomic E-state index is -2.77. The first-order chi connectivity index (χ1) is 6.64. The Hall–Kier alpha value is -0.170. The average Bonchev–Trinajstić information content (AvgIpc) is 2.15. The van der Waals surface area contributed by atoms with Crippen molar-refractivity contribution in [3.05, 3.63) is 0 Å². The van der Waals surface area contributed by atoms with Gasteiger partial charge in [0.05, 0.1) is 31.3 Å². The Bertz CT molecular complexity index is 238. The molecule has 0 radical (unpaired) electrons. The van der Waals surface area contributed by atoms with Crippen LogP contribution in [0.25, 0.3) is 0 Å². The van der Waals surface area contributed by atoms with E-state index in [1.807, 2.05) is 0 Å². The van der Waals surface area contributed by atoms with Crippen molar-refractivity contribution in [1.29, 1.82) is 0 Å². The van der Waals surface area contributed by atoms with Crippen molar-refractivity contribution in [2.45, 2.75) is 0 Å². The molecule has 0 aromatic heterocycles. The number of nitrogens with zero attached hydrogens (tertiary/aromatic N) is 1. The molecule has 1 saturated heterocycles. The molecule has 0 unspecified atom stereocenters. The first kappa shape index (κ1) is 11.9. The van der Waals surface area contributed by atoms with E-state index >= 15 is 0 Å². The lowest BCUT2D eigenvalue weighted by atomic mass is 10.5. The fraction of sp³-hybridized carbons (Fsp3) is 1.00. The maximum absolute atomic E-state index is 11.1. The summed E-state index contributed by atoms with van der Waals surface area (Å²) in [5.74, 6) is 0.514. The van der Waals surface area contributed by atoms with Crippen molar-refractivity contribution in [3.63, 3.8) is 0 Å². The quantitative estimate of drug-likeness (QED) is 0.588. The number of hydrogen-bond acceptors (Lipinski definition) is 5. The van der Waals surface area contributed by atoms with Gasteiger partial charge in [0.1, 0.15) is 0 Å². The van der Waals surface area contributed by atoms with Gasteiger partial charge in [0.25, 0.3) is 0 Å². The second-order valence-corrected chi connectivity index (χ2v) is 5.63. The van der Waals surface area contributed by atoms with E-state index in [4.69, 9.17) is 9.84 Å². The molecule has 0 aromatic rings. The van der Waals surface area contributed by atoms with Crippen molar-refractivity contribution in [2.75, 3.05) is 51.0 Å². The summed E-state index contributed by atoms with van der Waals surface area (Å²) in [6, 6.07) is 0. The van der Waals surface area contributed by atoms with E-state index in [0.717, 1.165) is 6.54 Å². The summed E-state index contributed by atoms with van der Waals surface area (Å²) in [6.45, 7) is 2.90. The van der Waals surface area contributed by atoms with Gasteiger partial charge in [0, 0.05) is 19.6 Å². The second-order valence-electron chi connectivity index (χ2n) is 3.33. The largest absolute Gasteiger partial charge is 0.394 e. The van der Waals surface area contributed by atoms with Gasteiger partial charge in [-0.25, -0.2) is 8.42 Å². The van der Waals surface area contributed by atoms with Gasteiger partial charge >= 0.3 is 0 Å². The minimum absolute atomic E-state index is 0.0361. The molecule has 0 bridgehead atoms. The van der Waals surface area contributed by atoms with E-state index in [9.17, 15) is 8.42 Å². The highest BCUT2D eigenvalue weighted by molar-refractivity contribution is 7.91. The van der Waals surface area contributed by atoms with Crippen LogP contribution in [0.1, 0.15) is 0 Å². The summed E-state index contributed by atoms with van der Waals surface area (Å²) in [7, 11) is -2.77. The molecule has 0 amide bonds. The highest BCUT2D eigenvalue weighted by atomic mass is 32.2. The third-order valence-corrected chi connectivity index (χ3v) is 3.83. The molecule has 0 saturated carbocycles. The standard InChI is InChI=1S/C8H17NO4S/c10-4-6-13-5-1-9-2-7-14(11,12)8-3-9/h10H,1-8H2.